The number of methoxy groups -OCH3 is 2. The molecule has 0 atom stereocenters. The predicted octanol–water partition coefficient (Wildman–Crippen LogP) is 2.41. The number of nitrogens with one attached hydrogen (secondary N) is 1. The molecule has 0 aliphatic heterocycles. The van der Waals surface area contributed by atoms with Gasteiger partial charge in [0.1, 0.15) is 5.75 Å². The van der Waals surface area contributed by atoms with Crippen LogP contribution in [0, 0.1) is 0 Å². The van der Waals surface area contributed by atoms with Crippen LogP contribution in [0.4, 0.5) is 0 Å². The molecule has 1 amide bonds. The van der Waals surface area contributed by atoms with E-state index in [1.165, 1.54) is 7.11 Å². The Kier molecular flexibility index (Phi) is 5.14. The van der Waals surface area contributed by atoms with Gasteiger partial charge < -0.3 is 14.8 Å². The summed E-state index contributed by atoms with van der Waals surface area (Å²) in [4.78, 5) is 23.9. The third kappa shape index (κ3) is 3.63. The van der Waals surface area contributed by atoms with E-state index in [1.54, 1.807) is 31.4 Å². The van der Waals surface area contributed by atoms with Crippen LogP contribution in [0.15, 0.2) is 48.5 Å². The van der Waals surface area contributed by atoms with Gasteiger partial charge in [-0.05, 0) is 29.8 Å². The number of amides is 1. The first-order valence-corrected chi connectivity index (χ1v) is 6.74. The summed E-state index contributed by atoms with van der Waals surface area (Å²) in [6.45, 7) is 0.359. The zero-order chi connectivity index (χ0) is 15.9. The van der Waals surface area contributed by atoms with E-state index in [4.69, 9.17) is 4.74 Å². The minimum absolute atomic E-state index is 0.247. The highest BCUT2D eigenvalue weighted by molar-refractivity contribution is 6.05. The number of esters is 1. The number of carbonyl (C=O) groups is 2. The van der Waals surface area contributed by atoms with Crippen LogP contribution in [0.3, 0.4) is 0 Å². The van der Waals surface area contributed by atoms with Gasteiger partial charge in [-0.3, -0.25) is 4.79 Å². The molecule has 0 radical (unpaired) electrons. The van der Waals surface area contributed by atoms with Crippen LogP contribution >= 0.6 is 0 Å². The van der Waals surface area contributed by atoms with E-state index in [2.05, 4.69) is 10.1 Å². The van der Waals surface area contributed by atoms with Crippen molar-refractivity contribution in [3.63, 3.8) is 0 Å². The summed E-state index contributed by atoms with van der Waals surface area (Å²) in [5.74, 6) is -0.0990. The lowest BCUT2D eigenvalue weighted by Gasteiger charge is -2.09. The summed E-state index contributed by atoms with van der Waals surface area (Å²) in [5.41, 5.74) is 1.48. The van der Waals surface area contributed by atoms with E-state index in [-0.39, 0.29) is 11.5 Å². The highest BCUT2D eigenvalue weighted by Gasteiger charge is 2.16. The minimum Gasteiger partial charge on any atom is -0.497 e. The third-order valence-corrected chi connectivity index (χ3v) is 3.19. The van der Waals surface area contributed by atoms with Gasteiger partial charge in [-0.25, -0.2) is 4.79 Å². The van der Waals surface area contributed by atoms with E-state index in [1.807, 2.05) is 24.3 Å². The Morgan fingerprint density at radius 3 is 2.18 bits per heavy atom. The second kappa shape index (κ2) is 7.26. The van der Waals surface area contributed by atoms with Crippen LogP contribution in [0.5, 0.6) is 5.75 Å². The van der Waals surface area contributed by atoms with Crippen molar-refractivity contribution in [3.8, 4) is 5.75 Å². The van der Waals surface area contributed by atoms with E-state index in [0.29, 0.717) is 12.1 Å². The maximum atomic E-state index is 12.2. The molecule has 0 spiro atoms. The van der Waals surface area contributed by atoms with Crippen molar-refractivity contribution in [2.75, 3.05) is 14.2 Å². The molecule has 0 aromatic heterocycles. The second-order valence-electron chi connectivity index (χ2n) is 4.57. The number of hydrogen-bond acceptors (Lipinski definition) is 4. The first kappa shape index (κ1) is 15.6. The molecule has 5 heteroatoms. The van der Waals surface area contributed by atoms with Crippen molar-refractivity contribution in [2.24, 2.45) is 0 Å². The average Bonchev–Trinajstić information content (AvgIpc) is 2.59. The number of hydrogen-bond donors (Lipinski definition) is 1. The van der Waals surface area contributed by atoms with Gasteiger partial charge in [-0.1, -0.05) is 24.3 Å². The Balaban J connectivity index is 2.07. The molecule has 0 bridgehead atoms. The van der Waals surface area contributed by atoms with Crippen LogP contribution in [-0.2, 0) is 11.3 Å². The third-order valence-electron chi connectivity index (χ3n) is 3.19. The van der Waals surface area contributed by atoms with Crippen molar-refractivity contribution < 1.29 is 19.1 Å². The Morgan fingerprint density at radius 2 is 1.59 bits per heavy atom. The summed E-state index contributed by atoms with van der Waals surface area (Å²) < 4.78 is 9.76. The molecule has 0 saturated carbocycles. The van der Waals surface area contributed by atoms with Crippen molar-refractivity contribution in [3.05, 3.63) is 65.2 Å². The van der Waals surface area contributed by atoms with E-state index in [9.17, 15) is 9.59 Å². The molecule has 0 aliphatic carbocycles. The average molecular weight is 299 g/mol. The van der Waals surface area contributed by atoms with Crippen molar-refractivity contribution in [1.29, 1.82) is 0 Å². The Hall–Kier alpha value is -2.82. The normalized spacial score (nSPS) is 9.91. The van der Waals surface area contributed by atoms with Gasteiger partial charge >= 0.3 is 5.97 Å². The Bertz CT molecular complexity index is 665. The molecule has 2 rings (SSSR count). The Morgan fingerprint density at radius 1 is 0.955 bits per heavy atom. The van der Waals surface area contributed by atoms with Crippen LogP contribution in [-0.4, -0.2) is 26.1 Å². The summed E-state index contributed by atoms with van der Waals surface area (Å²) in [7, 11) is 2.88. The quantitative estimate of drug-likeness (QED) is 0.861. The van der Waals surface area contributed by atoms with Gasteiger partial charge in [0, 0.05) is 6.54 Å². The predicted molar refractivity (Wildman–Crippen MR) is 81.9 cm³/mol. The molecule has 0 heterocycles. The molecule has 0 aliphatic rings. The van der Waals surface area contributed by atoms with E-state index < -0.39 is 5.97 Å². The smallest absolute Gasteiger partial charge is 0.338 e. The fourth-order valence-electron chi connectivity index (χ4n) is 1.99. The minimum atomic E-state index is -0.532. The van der Waals surface area contributed by atoms with Crippen LogP contribution < -0.4 is 10.1 Å². The van der Waals surface area contributed by atoms with Crippen LogP contribution in [0.25, 0.3) is 0 Å². The lowest BCUT2D eigenvalue weighted by Crippen LogP contribution is -2.25. The standard InChI is InChI=1S/C17H17NO4/c1-21-13-9-7-12(8-10-13)11-18-16(19)14-5-3-4-6-15(14)17(20)22-2/h3-10H,11H2,1-2H3,(H,18,19). The highest BCUT2D eigenvalue weighted by atomic mass is 16.5. The summed E-state index contributed by atoms with van der Waals surface area (Å²) in [6.07, 6.45) is 0. The van der Waals surface area contributed by atoms with E-state index >= 15 is 0 Å². The molecule has 2 aromatic rings. The number of carbonyl (C=O) groups excluding carboxylic acids is 2. The number of ether oxygens (including phenoxy) is 2. The van der Waals surface area contributed by atoms with Crippen LogP contribution in [0.1, 0.15) is 26.3 Å². The van der Waals surface area contributed by atoms with Crippen molar-refractivity contribution in [1.82, 2.24) is 5.32 Å². The van der Waals surface area contributed by atoms with Gasteiger partial charge in [0.15, 0.2) is 0 Å². The topological polar surface area (TPSA) is 64.6 Å². The molecule has 2 aromatic carbocycles. The van der Waals surface area contributed by atoms with Gasteiger partial charge in [-0.2, -0.15) is 0 Å². The lowest BCUT2D eigenvalue weighted by atomic mass is 10.1. The fraction of sp³-hybridized carbons (Fsp3) is 0.176. The monoisotopic (exact) mass is 299 g/mol. The van der Waals surface area contributed by atoms with Crippen LogP contribution in [0.2, 0.25) is 0 Å². The summed E-state index contributed by atoms with van der Waals surface area (Å²) in [5, 5.41) is 2.78. The van der Waals surface area contributed by atoms with Crippen molar-refractivity contribution >= 4 is 11.9 Å². The number of rotatable bonds is 5. The van der Waals surface area contributed by atoms with Gasteiger partial charge in [-0.15, -0.1) is 0 Å². The number of benzene rings is 2. The van der Waals surface area contributed by atoms with Crippen molar-refractivity contribution in [2.45, 2.75) is 6.54 Å². The first-order valence-electron chi connectivity index (χ1n) is 6.74. The van der Waals surface area contributed by atoms with Gasteiger partial charge in [0.2, 0.25) is 0 Å². The Labute approximate surface area is 128 Å². The molecule has 0 fully saturated rings. The fourth-order valence-corrected chi connectivity index (χ4v) is 1.99. The molecule has 0 unspecified atom stereocenters. The zero-order valence-electron chi connectivity index (χ0n) is 12.5. The molecule has 1 N–H and O–H groups in total. The van der Waals surface area contributed by atoms with E-state index in [0.717, 1.165) is 11.3 Å². The SMILES string of the molecule is COC(=O)c1ccccc1C(=O)NCc1ccc(OC)cc1. The molecule has 22 heavy (non-hydrogen) atoms. The van der Waals surface area contributed by atoms with Gasteiger partial charge in [0.25, 0.3) is 5.91 Å². The largest absolute Gasteiger partial charge is 0.497 e. The maximum Gasteiger partial charge on any atom is 0.338 e. The summed E-state index contributed by atoms with van der Waals surface area (Å²) >= 11 is 0. The summed E-state index contributed by atoms with van der Waals surface area (Å²) in [6, 6.07) is 13.9. The maximum absolute atomic E-state index is 12.2. The highest BCUT2D eigenvalue weighted by Crippen LogP contribution is 2.13. The zero-order valence-corrected chi connectivity index (χ0v) is 12.5. The molecule has 0 saturated heterocycles. The van der Waals surface area contributed by atoms with Gasteiger partial charge in [0.05, 0.1) is 25.3 Å². The molecular formula is C17H17NO4. The first-order chi connectivity index (χ1) is 10.7. The molecular weight excluding hydrogens is 282 g/mol. The molecule has 114 valence electrons. The lowest BCUT2D eigenvalue weighted by molar-refractivity contribution is 0.0596. The second-order valence-corrected chi connectivity index (χ2v) is 4.57. The molecule has 5 nitrogen and oxygen atoms in total.